The highest BCUT2D eigenvalue weighted by Gasteiger charge is 2.36. The minimum absolute atomic E-state index is 0.0270. The van der Waals surface area contributed by atoms with Crippen LogP contribution in [0.1, 0.15) is 63.7 Å². The van der Waals surface area contributed by atoms with Crippen LogP contribution < -0.4 is 0 Å². The highest BCUT2D eigenvalue weighted by Crippen LogP contribution is 2.34. The third-order valence-electron chi connectivity index (χ3n) is 4.58. The van der Waals surface area contributed by atoms with Crippen molar-refractivity contribution in [1.82, 2.24) is 9.88 Å². The van der Waals surface area contributed by atoms with Gasteiger partial charge in [0.15, 0.2) is 5.78 Å². The zero-order chi connectivity index (χ0) is 17.0. The minimum Gasteiger partial charge on any atom is -0.354 e. The number of aromatic nitrogens is 1. The second kappa shape index (κ2) is 7.84. The highest BCUT2D eigenvalue weighted by atomic mass is 16.5. The van der Waals surface area contributed by atoms with Gasteiger partial charge in [-0.15, -0.1) is 0 Å². The summed E-state index contributed by atoms with van der Waals surface area (Å²) in [7, 11) is 2.07. The molecule has 1 aromatic rings. The lowest BCUT2D eigenvalue weighted by Gasteiger charge is -2.22. The Labute approximate surface area is 139 Å². The van der Waals surface area contributed by atoms with Gasteiger partial charge in [0.25, 0.3) is 0 Å². The van der Waals surface area contributed by atoms with Crippen LogP contribution in [0, 0.1) is 0 Å². The Bertz CT molecular complexity index is 583. The van der Waals surface area contributed by atoms with Gasteiger partial charge in [0.1, 0.15) is 6.23 Å². The molecule has 0 bridgehead atoms. The second-order valence-electron chi connectivity index (χ2n) is 6.42. The number of aryl methyl sites for hydroxylation is 1. The van der Waals surface area contributed by atoms with Crippen molar-refractivity contribution in [3.05, 3.63) is 35.2 Å². The average Bonchev–Trinajstić information content (AvgIpc) is 2.78. The SMILES string of the molecule is CCCCc1ccc(C2O[C@@H](C)[C@H](C)N2C)c(/C=C/C(C)=O)n1. The van der Waals surface area contributed by atoms with Crippen molar-refractivity contribution in [2.24, 2.45) is 0 Å². The van der Waals surface area contributed by atoms with Crippen LogP contribution in [0.25, 0.3) is 6.08 Å². The van der Waals surface area contributed by atoms with Gasteiger partial charge in [0.05, 0.1) is 11.8 Å². The lowest BCUT2D eigenvalue weighted by atomic mass is 10.1. The van der Waals surface area contributed by atoms with Crippen molar-refractivity contribution < 1.29 is 9.53 Å². The van der Waals surface area contributed by atoms with Gasteiger partial charge in [-0.3, -0.25) is 14.7 Å². The maximum Gasteiger partial charge on any atom is 0.152 e. The largest absolute Gasteiger partial charge is 0.354 e. The molecule has 0 N–H and O–H groups in total. The van der Waals surface area contributed by atoms with Crippen LogP contribution in [0.2, 0.25) is 0 Å². The standard InChI is InChI=1S/C19H28N2O2/c1-6-7-8-16-10-11-17(18(20-16)12-9-13(2)22)19-21(5)14(3)15(4)23-19/h9-12,14-15,19H,6-8H2,1-5H3/b12-9+/t14-,15-,19?/m0/s1. The Morgan fingerprint density at radius 1 is 1.39 bits per heavy atom. The second-order valence-corrected chi connectivity index (χ2v) is 6.42. The van der Waals surface area contributed by atoms with E-state index in [1.54, 1.807) is 13.0 Å². The molecular formula is C19H28N2O2. The molecule has 0 radical (unpaired) electrons. The van der Waals surface area contributed by atoms with E-state index in [0.29, 0.717) is 6.04 Å². The third-order valence-corrected chi connectivity index (χ3v) is 4.58. The van der Waals surface area contributed by atoms with Gasteiger partial charge in [0.2, 0.25) is 0 Å². The maximum absolute atomic E-state index is 11.3. The normalized spacial score (nSPS) is 25.3. The number of carbonyl (C=O) groups excluding carboxylic acids is 1. The molecular weight excluding hydrogens is 288 g/mol. The molecule has 1 fully saturated rings. The average molecular weight is 316 g/mol. The summed E-state index contributed by atoms with van der Waals surface area (Å²) < 4.78 is 6.11. The molecule has 1 unspecified atom stereocenters. The van der Waals surface area contributed by atoms with E-state index >= 15 is 0 Å². The zero-order valence-corrected chi connectivity index (χ0v) is 14.9. The lowest BCUT2D eigenvalue weighted by Crippen LogP contribution is -2.29. The van der Waals surface area contributed by atoms with Gasteiger partial charge in [-0.05, 0) is 58.9 Å². The Hall–Kier alpha value is -1.52. The van der Waals surface area contributed by atoms with Gasteiger partial charge in [-0.2, -0.15) is 0 Å². The number of pyridine rings is 1. The summed E-state index contributed by atoms with van der Waals surface area (Å²) in [5.74, 6) is 0.0270. The zero-order valence-electron chi connectivity index (χ0n) is 14.9. The van der Waals surface area contributed by atoms with Gasteiger partial charge < -0.3 is 4.74 Å². The number of allylic oxidation sites excluding steroid dienone is 1. The molecule has 1 saturated heterocycles. The van der Waals surface area contributed by atoms with Crippen molar-refractivity contribution in [2.75, 3.05) is 7.05 Å². The molecule has 0 aliphatic carbocycles. The van der Waals surface area contributed by atoms with Crippen LogP contribution in [0.4, 0.5) is 0 Å². The number of carbonyl (C=O) groups is 1. The Morgan fingerprint density at radius 2 is 2.13 bits per heavy atom. The van der Waals surface area contributed by atoms with Gasteiger partial charge in [-0.25, -0.2) is 0 Å². The molecule has 1 aliphatic rings. The van der Waals surface area contributed by atoms with Crippen LogP contribution in [-0.4, -0.2) is 34.9 Å². The van der Waals surface area contributed by atoms with Gasteiger partial charge in [0, 0.05) is 17.3 Å². The van der Waals surface area contributed by atoms with E-state index in [2.05, 4.69) is 44.9 Å². The molecule has 1 aliphatic heterocycles. The predicted octanol–water partition coefficient (Wildman–Crippen LogP) is 3.76. The monoisotopic (exact) mass is 316 g/mol. The molecule has 0 saturated carbocycles. The summed E-state index contributed by atoms with van der Waals surface area (Å²) in [6, 6.07) is 4.54. The van der Waals surface area contributed by atoms with Crippen LogP contribution in [0.15, 0.2) is 18.2 Å². The minimum atomic E-state index is -0.112. The first-order chi connectivity index (χ1) is 10.9. The fourth-order valence-corrected chi connectivity index (χ4v) is 2.81. The lowest BCUT2D eigenvalue weighted by molar-refractivity contribution is -0.112. The topological polar surface area (TPSA) is 42.4 Å². The number of hydrogen-bond donors (Lipinski definition) is 0. The number of ketones is 1. The Kier molecular flexibility index (Phi) is 6.08. The van der Waals surface area contributed by atoms with Crippen molar-refractivity contribution in [2.45, 2.75) is 65.3 Å². The van der Waals surface area contributed by atoms with Crippen molar-refractivity contribution in [3.63, 3.8) is 0 Å². The molecule has 0 aromatic carbocycles. The van der Waals surface area contributed by atoms with Crippen LogP contribution in [-0.2, 0) is 16.0 Å². The van der Waals surface area contributed by atoms with E-state index in [1.165, 1.54) is 0 Å². The van der Waals surface area contributed by atoms with E-state index in [1.807, 2.05) is 6.08 Å². The van der Waals surface area contributed by atoms with Gasteiger partial charge in [-0.1, -0.05) is 19.4 Å². The maximum atomic E-state index is 11.3. The van der Waals surface area contributed by atoms with Crippen LogP contribution in [0.3, 0.4) is 0 Å². The number of nitrogens with zero attached hydrogens (tertiary/aromatic N) is 2. The summed E-state index contributed by atoms with van der Waals surface area (Å²) in [6.45, 7) is 7.99. The van der Waals surface area contributed by atoms with Gasteiger partial charge >= 0.3 is 0 Å². The van der Waals surface area contributed by atoms with Crippen LogP contribution >= 0.6 is 0 Å². The predicted molar refractivity (Wildman–Crippen MR) is 93.1 cm³/mol. The van der Waals surface area contributed by atoms with Crippen molar-refractivity contribution >= 4 is 11.9 Å². The number of likely N-dealkylation sites (N-methyl/N-ethyl adjacent to an activating group) is 1. The molecule has 0 amide bonds. The highest BCUT2D eigenvalue weighted by molar-refractivity contribution is 5.91. The molecule has 3 atom stereocenters. The van der Waals surface area contributed by atoms with E-state index in [9.17, 15) is 4.79 Å². The first-order valence-electron chi connectivity index (χ1n) is 8.50. The molecule has 0 spiro atoms. The Morgan fingerprint density at radius 3 is 2.70 bits per heavy atom. The molecule has 23 heavy (non-hydrogen) atoms. The number of rotatable bonds is 6. The fourth-order valence-electron chi connectivity index (χ4n) is 2.81. The van der Waals surface area contributed by atoms with E-state index in [-0.39, 0.29) is 18.1 Å². The summed E-state index contributed by atoms with van der Waals surface area (Å²) in [5.41, 5.74) is 2.94. The quantitative estimate of drug-likeness (QED) is 0.749. The fraction of sp³-hybridized carbons (Fsp3) is 0.579. The summed E-state index contributed by atoms with van der Waals surface area (Å²) in [6.07, 6.45) is 6.69. The first kappa shape index (κ1) is 17.8. The van der Waals surface area contributed by atoms with Crippen LogP contribution in [0.5, 0.6) is 0 Å². The number of unbranched alkanes of at least 4 members (excludes halogenated alkanes) is 1. The third kappa shape index (κ3) is 4.27. The molecule has 4 nitrogen and oxygen atoms in total. The molecule has 2 heterocycles. The molecule has 126 valence electrons. The number of hydrogen-bond acceptors (Lipinski definition) is 4. The van der Waals surface area contributed by atoms with Crippen molar-refractivity contribution in [3.8, 4) is 0 Å². The number of ether oxygens (including phenoxy) is 1. The molecule has 4 heteroatoms. The van der Waals surface area contributed by atoms with E-state index < -0.39 is 0 Å². The van der Waals surface area contributed by atoms with E-state index in [4.69, 9.17) is 9.72 Å². The molecule has 2 rings (SSSR count). The summed E-state index contributed by atoms with van der Waals surface area (Å²) in [4.78, 5) is 18.3. The van der Waals surface area contributed by atoms with E-state index in [0.717, 1.165) is 36.2 Å². The summed E-state index contributed by atoms with van der Waals surface area (Å²) in [5, 5.41) is 0. The Balaban J connectivity index is 2.35. The van der Waals surface area contributed by atoms with Crippen molar-refractivity contribution in [1.29, 1.82) is 0 Å². The smallest absolute Gasteiger partial charge is 0.152 e. The first-order valence-corrected chi connectivity index (χ1v) is 8.50. The molecule has 1 aromatic heterocycles. The summed E-state index contributed by atoms with van der Waals surface area (Å²) >= 11 is 0.